The number of hydrogen-bond donors (Lipinski definition) is 1. The number of thiophene rings is 1. The minimum absolute atomic E-state index is 0.0563. The zero-order valence-corrected chi connectivity index (χ0v) is 12.4. The normalized spacial score (nSPS) is 10.8. The first kappa shape index (κ1) is 14.9. The monoisotopic (exact) mass is 296 g/mol. The number of benzene rings is 1. The van der Waals surface area contributed by atoms with Crippen molar-refractivity contribution in [1.29, 1.82) is 0 Å². The van der Waals surface area contributed by atoms with Crippen LogP contribution in [0, 0.1) is 11.6 Å². The van der Waals surface area contributed by atoms with Crippen LogP contribution in [-0.4, -0.2) is 13.6 Å². The lowest BCUT2D eigenvalue weighted by atomic mass is 10.1. The van der Waals surface area contributed by atoms with Crippen LogP contribution in [0.2, 0.25) is 0 Å². The molecule has 0 atom stereocenters. The van der Waals surface area contributed by atoms with Gasteiger partial charge in [0.2, 0.25) is 0 Å². The molecule has 0 aliphatic heterocycles. The smallest absolute Gasteiger partial charge is 0.149 e. The predicted octanol–water partition coefficient (Wildman–Crippen LogP) is 3.77. The van der Waals surface area contributed by atoms with Crippen molar-refractivity contribution in [1.82, 2.24) is 5.32 Å². The first-order valence-corrected chi connectivity index (χ1v) is 7.43. The summed E-state index contributed by atoms with van der Waals surface area (Å²) in [7, 11) is 1.75. The molecule has 0 aliphatic carbocycles. The van der Waals surface area contributed by atoms with Crippen LogP contribution < -0.4 is 10.2 Å². The van der Waals surface area contributed by atoms with Crippen molar-refractivity contribution in [2.75, 3.05) is 18.5 Å². The lowest BCUT2D eigenvalue weighted by Crippen LogP contribution is -2.24. The fraction of sp³-hybridized carbons (Fsp3) is 0.333. The Morgan fingerprint density at radius 3 is 2.45 bits per heavy atom. The van der Waals surface area contributed by atoms with E-state index in [1.807, 2.05) is 24.4 Å². The second-order valence-corrected chi connectivity index (χ2v) is 5.56. The van der Waals surface area contributed by atoms with Crippen LogP contribution in [0.4, 0.5) is 14.5 Å². The van der Waals surface area contributed by atoms with Crippen molar-refractivity contribution in [3.05, 3.63) is 51.7 Å². The Morgan fingerprint density at radius 2 is 1.95 bits per heavy atom. The van der Waals surface area contributed by atoms with Crippen LogP contribution >= 0.6 is 11.3 Å². The lowest BCUT2D eigenvalue weighted by molar-refractivity contribution is 0.567. The summed E-state index contributed by atoms with van der Waals surface area (Å²) in [6.45, 7) is 3.42. The molecule has 1 aromatic carbocycles. The molecule has 2 nitrogen and oxygen atoms in total. The molecule has 5 heteroatoms. The lowest BCUT2D eigenvalue weighted by Gasteiger charge is -2.24. The van der Waals surface area contributed by atoms with Gasteiger partial charge in [0, 0.05) is 18.0 Å². The highest BCUT2D eigenvalue weighted by atomic mass is 32.1. The van der Waals surface area contributed by atoms with Gasteiger partial charge in [0.15, 0.2) is 0 Å². The van der Waals surface area contributed by atoms with E-state index in [1.54, 1.807) is 23.3 Å². The molecule has 0 radical (unpaired) electrons. The summed E-state index contributed by atoms with van der Waals surface area (Å²) in [5.74, 6) is -1.01. The number of hydrogen-bond acceptors (Lipinski definition) is 3. The van der Waals surface area contributed by atoms with E-state index in [-0.39, 0.29) is 5.69 Å². The second kappa shape index (κ2) is 6.81. The summed E-state index contributed by atoms with van der Waals surface area (Å²) in [4.78, 5) is 2.81. The van der Waals surface area contributed by atoms with E-state index in [0.29, 0.717) is 25.2 Å². The maximum absolute atomic E-state index is 14.2. The fourth-order valence-electron chi connectivity index (χ4n) is 2.17. The Hall–Kier alpha value is -1.46. The molecule has 2 aromatic rings. The van der Waals surface area contributed by atoms with Gasteiger partial charge in [-0.1, -0.05) is 6.07 Å². The molecule has 0 fully saturated rings. The molecule has 1 aromatic heterocycles. The molecule has 1 N–H and O–H groups in total. The largest absolute Gasteiger partial charge is 0.362 e. The van der Waals surface area contributed by atoms with Gasteiger partial charge in [-0.15, -0.1) is 11.3 Å². The summed E-state index contributed by atoms with van der Waals surface area (Å²) in [6.07, 6.45) is 0. The maximum atomic E-state index is 14.2. The van der Waals surface area contributed by atoms with Crippen molar-refractivity contribution in [3.8, 4) is 0 Å². The Bertz CT molecular complexity index is 532. The number of nitrogens with zero attached hydrogens (tertiary/aromatic N) is 1. The predicted molar refractivity (Wildman–Crippen MR) is 80.2 cm³/mol. The van der Waals surface area contributed by atoms with Gasteiger partial charge < -0.3 is 10.2 Å². The Labute approximate surface area is 122 Å². The van der Waals surface area contributed by atoms with E-state index in [0.717, 1.165) is 4.88 Å². The van der Waals surface area contributed by atoms with Crippen LogP contribution in [0.5, 0.6) is 0 Å². The third-order valence-corrected chi connectivity index (χ3v) is 3.94. The molecule has 0 bridgehead atoms. The van der Waals surface area contributed by atoms with Gasteiger partial charge in [-0.3, -0.25) is 0 Å². The van der Waals surface area contributed by atoms with Crippen LogP contribution in [0.15, 0.2) is 29.6 Å². The van der Waals surface area contributed by atoms with E-state index in [1.165, 1.54) is 12.1 Å². The third-order valence-electron chi connectivity index (χ3n) is 3.08. The number of nitrogens with one attached hydrogen (secondary N) is 1. The van der Waals surface area contributed by atoms with Gasteiger partial charge in [0.1, 0.15) is 17.3 Å². The number of anilines is 1. The highest BCUT2D eigenvalue weighted by Crippen LogP contribution is 2.27. The number of halogens is 2. The molecule has 20 heavy (non-hydrogen) atoms. The minimum atomic E-state index is -0.506. The molecular weight excluding hydrogens is 278 g/mol. The number of rotatable bonds is 6. The highest BCUT2D eigenvalue weighted by Gasteiger charge is 2.17. The molecular formula is C15H18F2N2S. The Kier molecular flexibility index (Phi) is 5.09. The van der Waals surface area contributed by atoms with Crippen LogP contribution in [-0.2, 0) is 13.1 Å². The van der Waals surface area contributed by atoms with E-state index >= 15 is 0 Å². The van der Waals surface area contributed by atoms with Crippen LogP contribution in [0.3, 0.4) is 0 Å². The van der Waals surface area contributed by atoms with Crippen molar-refractivity contribution < 1.29 is 8.78 Å². The first-order valence-electron chi connectivity index (χ1n) is 6.55. The Morgan fingerprint density at radius 1 is 1.25 bits per heavy atom. The van der Waals surface area contributed by atoms with E-state index in [2.05, 4.69) is 5.32 Å². The molecule has 0 saturated heterocycles. The summed E-state index contributed by atoms with van der Waals surface area (Å²) in [5, 5.41) is 4.86. The summed E-state index contributed by atoms with van der Waals surface area (Å²) < 4.78 is 28.4. The van der Waals surface area contributed by atoms with E-state index < -0.39 is 11.6 Å². The molecule has 2 rings (SSSR count). The standard InChI is InChI=1S/C15H18F2N2S/c1-3-19(10-12-5-4-6-20-12)15-13(16)7-11(9-18-2)8-14(15)17/h4-8,18H,3,9-10H2,1-2H3. The van der Waals surface area contributed by atoms with Gasteiger partial charge in [0.05, 0.1) is 6.54 Å². The van der Waals surface area contributed by atoms with Gasteiger partial charge in [-0.2, -0.15) is 0 Å². The average molecular weight is 296 g/mol. The van der Waals surface area contributed by atoms with Gasteiger partial charge in [-0.25, -0.2) is 8.78 Å². The van der Waals surface area contributed by atoms with Crippen molar-refractivity contribution >= 4 is 17.0 Å². The molecule has 0 spiro atoms. The molecule has 108 valence electrons. The topological polar surface area (TPSA) is 15.3 Å². The van der Waals surface area contributed by atoms with Gasteiger partial charge in [-0.05, 0) is 43.1 Å². The van der Waals surface area contributed by atoms with E-state index in [9.17, 15) is 8.78 Å². The van der Waals surface area contributed by atoms with Crippen LogP contribution in [0.1, 0.15) is 17.4 Å². The third kappa shape index (κ3) is 3.35. The molecule has 0 amide bonds. The Balaban J connectivity index is 2.29. The summed E-state index contributed by atoms with van der Waals surface area (Å²) >= 11 is 1.59. The maximum Gasteiger partial charge on any atom is 0.149 e. The highest BCUT2D eigenvalue weighted by molar-refractivity contribution is 7.09. The quantitative estimate of drug-likeness (QED) is 0.873. The van der Waals surface area contributed by atoms with Crippen molar-refractivity contribution in [2.45, 2.75) is 20.0 Å². The second-order valence-electron chi connectivity index (χ2n) is 4.53. The molecule has 0 aliphatic rings. The van der Waals surface area contributed by atoms with Crippen LogP contribution in [0.25, 0.3) is 0 Å². The minimum Gasteiger partial charge on any atom is -0.362 e. The SMILES string of the molecule is CCN(Cc1cccs1)c1c(F)cc(CNC)cc1F. The summed E-state index contributed by atoms with van der Waals surface area (Å²) in [6, 6.07) is 6.70. The summed E-state index contributed by atoms with van der Waals surface area (Å²) in [5.41, 5.74) is 0.666. The van der Waals surface area contributed by atoms with Gasteiger partial charge in [0.25, 0.3) is 0 Å². The average Bonchev–Trinajstić information content (AvgIpc) is 2.90. The zero-order chi connectivity index (χ0) is 14.5. The zero-order valence-electron chi connectivity index (χ0n) is 11.6. The first-order chi connectivity index (χ1) is 9.65. The van der Waals surface area contributed by atoms with Gasteiger partial charge >= 0.3 is 0 Å². The van der Waals surface area contributed by atoms with Crippen molar-refractivity contribution in [3.63, 3.8) is 0 Å². The molecule has 1 heterocycles. The molecule has 0 saturated carbocycles. The fourth-order valence-corrected chi connectivity index (χ4v) is 2.89. The van der Waals surface area contributed by atoms with E-state index in [4.69, 9.17) is 0 Å². The van der Waals surface area contributed by atoms with Crippen molar-refractivity contribution in [2.24, 2.45) is 0 Å². The molecule has 0 unspecified atom stereocenters.